The van der Waals surface area contributed by atoms with Gasteiger partial charge in [0, 0.05) is 6.61 Å². The summed E-state index contributed by atoms with van der Waals surface area (Å²) >= 11 is 0. The van der Waals surface area contributed by atoms with E-state index in [0.717, 1.165) is 0 Å². The number of nitrogens with zero attached hydrogens (tertiary/aromatic N) is 1. The molecular formula is C12H15F3N2O3. The number of furan rings is 1. The molecule has 1 aliphatic heterocycles. The minimum atomic E-state index is -4.50. The largest absolute Gasteiger partial charge is 0.467 e. The zero-order valence-corrected chi connectivity index (χ0v) is 10.7. The Bertz CT molecular complexity index is 453. The quantitative estimate of drug-likeness (QED) is 0.908. The molecule has 2 N–H and O–H groups in total. The van der Waals surface area contributed by atoms with Crippen molar-refractivity contribution >= 4 is 5.91 Å². The summed E-state index contributed by atoms with van der Waals surface area (Å²) < 4.78 is 47.8. The molecule has 0 aromatic carbocycles. The van der Waals surface area contributed by atoms with E-state index in [1.54, 1.807) is 6.07 Å². The molecule has 0 aliphatic carbocycles. The van der Waals surface area contributed by atoms with Gasteiger partial charge in [0.25, 0.3) is 0 Å². The maximum Gasteiger partial charge on any atom is 0.406 e. The van der Waals surface area contributed by atoms with Gasteiger partial charge < -0.3 is 19.8 Å². The molecule has 1 saturated heterocycles. The smallest absolute Gasteiger partial charge is 0.406 e. The van der Waals surface area contributed by atoms with Crippen LogP contribution in [0.1, 0.15) is 12.2 Å². The summed E-state index contributed by atoms with van der Waals surface area (Å²) in [7, 11) is 0. The average Bonchev–Trinajstić information content (AvgIpc) is 2.98. The first-order valence-electron chi connectivity index (χ1n) is 6.05. The van der Waals surface area contributed by atoms with E-state index in [2.05, 4.69) is 0 Å². The first-order chi connectivity index (χ1) is 9.30. The van der Waals surface area contributed by atoms with Crippen LogP contribution < -0.4 is 5.73 Å². The fourth-order valence-electron chi connectivity index (χ4n) is 2.07. The number of carbonyl (C=O) groups is 1. The molecule has 1 unspecified atom stereocenters. The fourth-order valence-corrected chi connectivity index (χ4v) is 2.07. The lowest BCUT2D eigenvalue weighted by Crippen LogP contribution is -2.57. The molecule has 0 radical (unpaired) electrons. The number of halogens is 3. The highest BCUT2D eigenvalue weighted by atomic mass is 19.4. The Morgan fingerprint density at radius 1 is 1.50 bits per heavy atom. The van der Waals surface area contributed by atoms with Gasteiger partial charge in [0.1, 0.15) is 17.8 Å². The first kappa shape index (κ1) is 14.9. The van der Waals surface area contributed by atoms with Gasteiger partial charge in [-0.2, -0.15) is 13.2 Å². The second-order valence-corrected chi connectivity index (χ2v) is 4.81. The molecule has 1 amide bonds. The third-order valence-electron chi connectivity index (χ3n) is 3.06. The van der Waals surface area contributed by atoms with Crippen LogP contribution in [0.3, 0.4) is 0 Å². The molecule has 0 spiro atoms. The SMILES string of the molecule is NC1(C(=O)N(Cc2ccco2)CC(F)(F)F)CCOC1. The van der Waals surface area contributed by atoms with Crippen molar-refractivity contribution < 1.29 is 27.1 Å². The van der Waals surface area contributed by atoms with Gasteiger partial charge in [-0.25, -0.2) is 0 Å². The van der Waals surface area contributed by atoms with Crippen molar-refractivity contribution in [2.24, 2.45) is 5.73 Å². The molecule has 112 valence electrons. The Labute approximate surface area is 113 Å². The summed E-state index contributed by atoms with van der Waals surface area (Å²) in [4.78, 5) is 12.9. The lowest BCUT2D eigenvalue weighted by Gasteiger charge is -2.30. The maximum absolute atomic E-state index is 12.6. The van der Waals surface area contributed by atoms with E-state index in [1.807, 2.05) is 0 Å². The lowest BCUT2D eigenvalue weighted by atomic mass is 9.98. The molecule has 20 heavy (non-hydrogen) atoms. The highest BCUT2D eigenvalue weighted by Crippen LogP contribution is 2.24. The molecule has 5 nitrogen and oxygen atoms in total. The molecule has 1 aromatic rings. The van der Waals surface area contributed by atoms with Crippen LogP contribution in [-0.2, 0) is 16.1 Å². The molecule has 0 bridgehead atoms. The van der Waals surface area contributed by atoms with Crippen molar-refractivity contribution in [1.29, 1.82) is 0 Å². The zero-order chi connectivity index (χ0) is 14.8. The highest BCUT2D eigenvalue weighted by molar-refractivity contribution is 5.86. The van der Waals surface area contributed by atoms with Gasteiger partial charge in [0.05, 0.1) is 19.4 Å². The average molecular weight is 292 g/mol. The second-order valence-electron chi connectivity index (χ2n) is 4.81. The maximum atomic E-state index is 12.6. The Hall–Kier alpha value is -1.54. The van der Waals surface area contributed by atoms with E-state index < -0.39 is 24.2 Å². The van der Waals surface area contributed by atoms with E-state index in [4.69, 9.17) is 14.9 Å². The van der Waals surface area contributed by atoms with Gasteiger partial charge in [-0.05, 0) is 18.6 Å². The zero-order valence-electron chi connectivity index (χ0n) is 10.7. The van der Waals surface area contributed by atoms with E-state index >= 15 is 0 Å². The van der Waals surface area contributed by atoms with Crippen molar-refractivity contribution in [2.45, 2.75) is 24.7 Å². The molecule has 1 aromatic heterocycles. The van der Waals surface area contributed by atoms with Crippen molar-refractivity contribution in [1.82, 2.24) is 4.90 Å². The Kier molecular flexibility index (Phi) is 4.05. The lowest BCUT2D eigenvalue weighted by molar-refractivity contribution is -0.166. The van der Waals surface area contributed by atoms with Crippen LogP contribution in [0.2, 0.25) is 0 Å². The van der Waals surface area contributed by atoms with E-state index in [0.29, 0.717) is 4.90 Å². The minimum absolute atomic E-state index is 0.0711. The summed E-state index contributed by atoms with van der Waals surface area (Å²) in [6, 6.07) is 3.05. The van der Waals surface area contributed by atoms with E-state index in [9.17, 15) is 18.0 Å². The standard InChI is InChI=1S/C12H15F3N2O3/c13-12(14,15)7-17(6-9-2-1-4-20-9)10(18)11(16)3-5-19-8-11/h1-2,4H,3,5-8,16H2. The number of nitrogens with two attached hydrogens (primary N) is 1. The number of amides is 1. The fraction of sp³-hybridized carbons (Fsp3) is 0.583. The predicted molar refractivity (Wildman–Crippen MR) is 62.5 cm³/mol. The molecule has 1 atom stereocenters. The van der Waals surface area contributed by atoms with Crippen molar-refractivity contribution in [3.63, 3.8) is 0 Å². The third-order valence-corrected chi connectivity index (χ3v) is 3.06. The number of carbonyl (C=O) groups excluding carboxylic acids is 1. The number of alkyl halides is 3. The van der Waals surface area contributed by atoms with Crippen LogP contribution in [0, 0.1) is 0 Å². The third kappa shape index (κ3) is 3.51. The highest BCUT2D eigenvalue weighted by Gasteiger charge is 2.44. The second kappa shape index (κ2) is 5.45. The molecule has 2 rings (SSSR count). The van der Waals surface area contributed by atoms with Crippen LogP contribution in [0.25, 0.3) is 0 Å². The Balaban J connectivity index is 2.15. The number of hydrogen-bond acceptors (Lipinski definition) is 4. The summed E-state index contributed by atoms with van der Waals surface area (Å²) in [5, 5.41) is 0. The van der Waals surface area contributed by atoms with Crippen LogP contribution >= 0.6 is 0 Å². The normalized spacial score (nSPS) is 23.0. The summed E-state index contributed by atoms with van der Waals surface area (Å²) in [5.41, 5.74) is 4.45. The predicted octanol–water partition coefficient (Wildman–Crippen LogP) is 1.29. The van der Waals surface area contributed by atoms with Crippen LogP contribution in [0.4, 0.5) is 13.2 Å². The summed E-state index contributed by atoms with van der Waals surface area (Å²) in [5.74, 6) is -0.506. The topological polar surface area (TPSA) is 68.7 Å². The van der Waals surface area contributed by atoms with Crippen LogP contribution in [0.15, 0.2) is 22.8 Å². The van der Waals surface area contributed by atoms with Gasteiger partial charge in [-0.3, -0.25) is 4.79 Å². The van der Waals surface area contributed by atoms with Gasteiger partial charge in [-0.15, -0.1) is 0 Å². The summed E-state index contributed by atoms with van der Waals surface area (Å²) in [6.07, 6.45) is -2.96. The van der Waals surface area contributed by atoms with Crippen LogP contribution in [0.5, 0.6) is 0 Å². The minimum Gasteiger partial charge on any atom is -0.467 e. The van der Waals surface area contributed by atoms with Crippen molar-refractivity contribution in [2.75, 3.05) is 19.8 Å². The number of rotatable bonds is 4. The molecule has 2 heterocycles. The number of hydrogen-bond donors (Lipinski definition) is 1. The van der Waals surface area contributed by atoms with Crippen molar-refractivity contribution in [3.05, 3.63) is 24.2 Å². The van der Waals surface area contributed by atoms with E-state index in [1.165, 1.54) is 12.3 Å². The molecule has 1 aliphatic rings. The Morgan fingerprint density at radius 3 is 2.75 bits per heavy atom. The van der Waals surface area contributed by atoms with Gasteiger partial charge in [0.2, 0.25) is 5.91 Å². The van der Waals surface area contributed by atoms with Gasteiger partial charge in [0.15, 0.2) is 0 Å². The van der Waals surface area contributed by atoms with E-state index in [-0.39, 0.29) is 31.9 Å². The monoisotopic (exact) mass is 292 g/mol. The number of ether oxygens (including phenoxy) is 1. The molecule has 0 saturated carbocycles. The Morgan fingerprint density at radius 2 is 2.25 bits per heavy atom. The van der Waals surface area contributed by atoms with Gasteiger partial charge >= 0.3 is 6.18 Å². The van der Waals surface area contributed by atoms with Crippen molar-refractivity contribution in [3.8, 4) is 0 Å². The molecule has 8 heteroatoms. The van der Waals surface area contributed by atoms with Crippen LogP contribution in [-0.4, -0.2) is 42.3 Å². The molecular weight excluding hydrogens is 277 g/mol. The van der Waals surface area contributed by atoms with Gasteiger partial charge in [-0.1, -0.05) is 0 Å². The molecule has 1 fully saturated rings. The summed E-state index contributed by atoms with van der Waals surface area (Å²) in [6.45, 7) is -1.45. The first-order valence-corrected chi connectivity index (χ1v) is 6.05.